The van der Waals surface area contributed by atoms with Gasteiger partial charge in [0, 0.05) is 63.8 Å². The molecule has 0 amide bonds. The smallest absolute Gasteiger partial charge is 0.0641 e. The molecule has 1 aromatic heterocycles. The zero-order valence-electron chi connectivity index (χ0n) is 14.8. The second-order valence-electron chi connectivity index (χ2n) is 6.71. The topological polar surface area (TPSA) is 50.3 Å². The highest BCUT2D eigenvalue weighted by Gasteiger charge is 2.30. The van der Waals surface area contributed by atoms with Crippen LogP contribution >= 0.6 is 0 Å². The van der Waals surface area contributed by atoms with Gasteiger partial charge in [-0.05, 0) is 37.1 Å². The molecule has 0 bridgehead atoms. The molecule has 124 valence electrons. The molecular weight excluding hydrogens is 286 g/mol. The number of nitrogens with two attached hydrogens (primary N) is 1. The fourth-order valence-electron chi connectivity index (χ4n) is 3.53. The van der Waals surface area contributed by atoms with Crippen LogP contribution in [0.2, 0.25) is 0 Å². The number of aryl methyl sites for hydroxylation is 2. The molecule has 1 aliphatic rings. The second kappa shape index (κ2) is 5.98. The van der Waals surface area contributed by atoms with E-state index in [0.717, 1.165) is 18.8 Å². The molecule has 0 saturated carbocycles. The van der Waals surface area contributed by atoms with Gasteiger partial charge in [-0.25, -0.2) is 0 Å². The van der Waals surface area contributed by atoms with E-state index < -0.39 is 0 Å². The van der Waals surface area contributed by atoms with Gasteiger partial charge < -0.3 is 10.6 Å². The van der Waals surface area contributed by atoms with E-state index in [1.807, 2.05) is 11.7 Å². The monoisotopic (exact) mass is 313 g/mol. The van der Waals surface area contributed by atoms with Crippen LogP contribution in [0.5, 0.6) is 0 Å². The Hall–Kier alpha value is -1.85. The lowest BCUT2D eigenvalue weighted by Crippen LogP contribution is -2.28. The number of hydrogen-bond donors (Lipinski definition) is 1. The Labute approximate surface area is 138 Å². The maximum atomic E-state index is 6.12. The number of rotatable bonds is 4. The van der Waals surface area contributed by atoms with Gasteiger partial charge in [0.2, 0.25) is 0 Å². The molecule has 0 aliphatic carbocycles. The number of aromatic nitrogens is 2. The summed E-state index contributed by atoms with van der Waals surface area (Å²) in [5.74, 6) is 0. The summed E-state index contributed by atoms with van der Waals surface area (Å²) < 4.78 is 1.97. The van der Waals surface area contributed by atoms with Crippen LogP contribution in [-0.4, -0.2) is 35.3 Å². The zero-order chi connectivity index (χ0) is 16.7. The lowest BCUT2D eigenvalue weighted by molar-refractivity contribution is 0.210. The Morgan fingerprint density at radius 3 is 2.61 bits per heavy atom. The number of nitrogens with zero attached hydrogens (tertiary/aromatic N) is 4. The average Bonchev–Trinajstić information content (AvgIpc) is 2.98. The predicted octanol–water partition coefficient (Wildman–Crippen LogP) is 2.12. The van der Waals surface area contributed by atoms with E-state index in [2.05, 4.69) is 61.0 Å². The van der Waals surface area contributed by atoms with Crippen molar-refractivity contribution in [2.45, 2.75) is 33.0 Å². The van der Waals surface area contributed by atoms with E-state index in [-0.39, 0.29) is 6.04 Å². The van der Waals surface area contributed by atoms with Gasteiger partial charge in [-0.15, -0.1) is 0 Å². The number of benzene rings is 1. The van der Waals surface area contributed by atoms with Gasteiger partial charge in [0.25, 0.3) is 0 Å². The van der Waals surface area contributed by atoms with Crippen molar-refractivity contribution >= 4 is 5.69 Å². The lowest BCUT2D eigenvalue weighted by atomic mass is 10.0. The molecule has 1 unspecified atom stereocenters. The minimum atomic E-state index is 0.281. The van der Waals surface area contributed by atoms with E-state index >= 15 is 0 Å². The third-order valence-corrected chi connectivity index (χ3v) is 5.06. The van der Waals surface area contributed by atoms with Crippen molar-refractivity contribution in [3.05, 3.63) is 46.3 Å². The zero-order valence-corrected chi connectivity index (χ0v) is 14.8. The fraction of sp³-hybridized carbons (Fsp3) is 0.500. The van der Waals surface area contributed by atoms with Crippen LogP contribution in [-0.2, 0) is 20.1 Å². The van der Waals surface area contributed by atoms with Crippen molar-refractivity contribution in [3.63, 3.8) is 0 Å². The minimum absolute atomic E-state index is 0.281. The van der Waals surface area contributed by atoms with Crippen molar-refractivity contribution in [1.82, 2.24) is 14.7 Å². The van der Waals surface area contributed by atoms with E-state index in [0.29, 0.717) is 6.54 Å². The number of fused-ring (bicyclic) bond motifs is 1. The molecule has 5 nitrogen and oxygen atoms in total. The highest BCUT2D eigenvalue weighted by molar-refractivity contribution is 5.52. The Morgan fingerprint density at radius 1 is 1.30 bits per heavy atom. The molecule has 0 saturated heterocycles. The van der Waals surface area contributed by atoms with Crippen molar-refractivity contribution in [1.29, 1.82) is 0 Å². The van der Waals surface area contributed by atoms with Gasteiger partial charge in [0.15, 0.2) is 0 Å². The van der Waals surface area contributed by atoms with Gasteiger partial charge in [-0.2, -0.15) is 5.10 Å². The first kappa shape index (κ1) is 16.0. The molecule has 0 fully saturated rings. The Morgan fingerprint density at radius 2 is 2.04 bits per heavy atom. The summed E-state index contributed by atoms with van der Waals surface area (Å²) in [6.07, 6.45) is 0. The van der Waals surface area contributed by atoms with Crippen LogP contribution in [0, 0.1) is 13.8 Å². The second-order valence-corrected chi connectivity index (χ2v) is 6.71. The van der Waals surface area contributed by atoms with Crippen LogP contribution < -0.4 is 10.6 Å². The SMILES string of the molecule is Cc1nn(C)c(C)c1CN1Cc2ccc(N(C)C)cc2C1CN. The molecule has 1 aliphatic heterocycles. The average molecular weight is 313 g/mol. The molecule has 2 aromatic rings. The van der Waals surface area contributed by atoms with E-state index in [9.17, 15) is 0 Å². The van der Waals surface area contributed by atoms with Gasteiger partial charge in [0.05, 0.1) is 5.69 Å². The highest BCUT2D eigenvalue weighted by atomic mass is 15.3. The van der Waals surface area contributed by atoms with E-state index in [1.165, 1.54) is 28.1 Å². The van der Waals surface area contributed by atoms with Crippen LogP contribution in [0.4, 0.5) is 5.69 Å². The molecule has 0 radical (unpaired) electrons. The predicted molar refractivity (Wildman–Crippen MR) is 94.5 cm³/mol. The first-order valence-electron chi connectivity index (χ1n) is 8.15. The fourth-order valence-corrected chi connectivity index (χ4v) is 3.53. The van der Waals surface area contributed by atoms with Gasteiger partial charge in [-0.1, -0.05) is 6.07 Å². The standard InChI is InChI=1S/C18H27N5/c1-12-17(13(2)22(5)20-12)11-23-10-14-6-7-15(21(3)4)8-16(14)18(23)9-19/h6-8,18H,9-11,19H2,1-5H3. The summed E-state index contributed by atoms with van der Waals surface area (Å²) in [4.78, 5) is 4.62. The first-order chi connectivity index (χ1) is 10.9. The molecule has 1 atom stereocenters. The molecule has 2 N–H and O–H groups in total. The van der Waals surface area contributed by atoms with Crippen LogP contribution in [0.1, 0.15) is 34.1 Å². The summed E-state index contributed by atoms with van der Waals surface area (Å²) in [5.41, 5.74) is 13.8. The molecule has 1 aromatic carbocycles. The minimum Gasteiger partial charge on any atom is -0.378 e. The third-order valence-electron chi connectivity index (χ3n) is 5.06. The van der Waals surface area contributed by atoms with Crippen molar-refractivity contribution in [3.8, 4) is 0 Å². The molecule has 0 spiro atoms. The maximum absolute atomic E-state index is 6.12. The van der Waals surface area contributed by atoms with Crippen molar-refractivity contribution in [2.75, 3.05) is 25.5 Å². The Balaban J connectivity index is 1.90. The van der Waals surface area contributed by atoms with Crippen LogP contribution in [0.25, 0.3) is 0 Å². The van der Waals surface area contributed by atoms with Gasteiger partial charge in [0.1, 0.15) is 0 Å². The van der Waals surface area contributed by atoms with Crippen LogP contribution in [0.3, 0.4) is 0 Å². The van der Waals surface area contributed by atoms with E-state index in [4.69, 9.17) is 5.73 Å². The van der Waals surface area contributed by atoms with Crippen molar-refractivity contribution < 1.29 is 0 Å². The Kier molecular flexibility index (Phi) is 4.17. The van der Waals surface area contributed by atoms with Crippen molar-refractivity contribution in [2.24, 2.45) is 12.8 Å². The number of anilines is 1. The van der Waals surface area contributed by atoms with Crippen LogP contribution in [0.15, 0.2) is 18.2 Å². The molecule has 3 rings (SSSR count). The maximum Gasteiger partial charge on any atom is 0.0641 e. The molecule has 2 heterocycles. The number of hydrogen-bond acceptors (Lipinski definition) is 4. The summed E-state index contributed by atoms with van der Waals surface area (Å²) >= 11 is 0. The third kappa shape index (κ3) is 2.75. The van der Waals surface area contributed by atoms with E-state index in [1.54, 1.807) is 0 Å². The normalized spacial score (nSPS) is 17.6. The quantitative estimate of drug-likeness (QED) is 0.939. The molecular formula is C18H27N5. The summed E-state index contributed by atoms with van der Waals surface area (Å²) in [7, 11) is 6.16. The largest absolute Gasteiger partial charge is 0.378 e. The summed E-state index contributed by atoms with van der Waals surface area (Å²) in [6.45, 7) is 6.73. The first-order valence-corrected chi connectivity index (χ1v) is 8.15. The summed E-state index contributed by atoms with van der Waals surface area (Å²) in [5, 5.41) is 4.54. The van der Waals surface area contributed by atoms with Gasteiger partial charge >= 0.3 is 0 Å². The Bertz CT molecular complexity index is 716. The molecule has 23 heavy (non-hydrogen) atoms. The van der Waals surface area contributed by atoms with Gasteiger partial charge in [-0.3, -0.25) is 9.58 Å². The highest BCUT2D eigenvalue weighted by Crippen LogP contribution is 2.36. The lowest BCUT2D eigenvalue weighted by Gasteiger charge is -2.24. The molecule has 5 heteroatoms. The summed E-state index contributed by atoms with van der Waals surface area (Å²) in [6, 6.07) is 7.01.